The zero-order valence-electron chi connectivity index (χ0n) is 19.6. The highest BCUT2D eigenvalue weighted by Gasteiger charge is 2.41. The summed E-state index contributed by atoms with van der Waals surface area (Å²) in [5, 5.41) is 7.12. The maximum absolute atomic E-state index is 12.7. The summed E-state index contributed by atoms with van der Waals surface area (Å²) >= 11 is 5.75. The van der Waals surface area contributed by atoms with Crippen LogP contribution in [0.3, 0.4) is 0 Å². The number of rotatable bonds is 7. The Morgan fingerprint density at radius 2 is 1.91 bits per heavy atom. The van der Waals surface area contributed by atoms with Crippen molar-refractivity contribution in [1.29, 1.82) is 0 Å². The van der Waals surface area contributed by atoms with Crippen LogP contribution in [0.2, 0.25) is 0 Å². The van der Waals surface area contributed by atoms with E-state index in [4.69, 9.17) is 12.2 Å². The molecule has 1 aromatic carbocycles. The van der Waals surface area contributed by atoms with E-state index in [9.17, 15) is 4.79 Å². The van der Waals surface area contributed by atoms with E-state index in [1.54, 1.807) is 0 Å². The van der Waals surface area contributed by atoms with Crippen molar-refractivity contribution < 1.29 is 4.79 Å². The summed E-state index contributed by atoms with van der Waals surface area (Å²) in [6.45, 7) is 9.91. The minimum absolute atomic E-state index is 0.0271. The zero-order chi connectivity index (χ0) is 23.5. The molecule has 3 heterocycles. The van der Waals surface area contributed by atoms with Crippen LogP contribution < -0.4 is 10.6 Å². The number of hydrogen-bond acceptors (Lipinski definition) is 3. The molecular weight excluding hydrogens is 430 g/mol. The Morgan fingerprint density at radius 3 is 2.55 bits per heavy atom. The summed E-state index contributed by atoms with van der Waals surface area (Å²) in [6.07, 6.45) is 2.15. The number of carbonyl (C=O) groups is 1. The van der Waals surface area contributed by atoms with Crippen LogP contribution in [0.15, 0.2) is 54.7 Å². The molecule has 0 aliphatic carbocycles. The highest BCUT2D eigenvalue weighted by molar-refractivity contribution is 7.80. The first kappa shape index (κ1) is 23.0. The van der Waals surface area contributed by atoms with Crippen molar-refractivity contribution in [2.24, 2.45) is 0 Å². The van der Waals surface area contributed by atoms with Gasteiger partial charge in [0.2, 0.25) is 5.91 Å². The molecule has 2 aromatic heterocycles. The predicted octanol–water partition coefficient (Wildman–Crippen LogP) is 4.83. The molecule has 6 nitrogen and oxygen atoms in total. The first-order chi connectivity index (χ1) is 15.9. The SMILES string of the molecule is CCn1c(C)cc([C@H]2[C@@H](c3ccccn3)NC(=S)N2CCC(=O)Nc2ccc(C)cc2)c1C. The third-order valence-corrected chi connectivity index (χ3v) is 6.71. The van der Waals surface area contributed by atoms with Gasteiger partial charge in [0, 0.05) is 42.8 Å². The van der Waals surface area contributed by atoms with E-state index in [2.05, 4.69) is 51.9 Å². The molecule has 1 amide bonds. The Balaban J connectivity index is 1.59. The van der Waals surface area contributed by atoms with Gasteiger partial charge in [-0.3, -0.25) is 9.78 Å². The van der Waals surface area contributed by atoms with Crippen LogP contribution in [0.25, 0.3) is 0 Å². The molecule has 3 aromatic rings. The lowest BCUT2D eigenvalue weighted by Gasteiger charge is -2.28. The van der Waals surface area contributed by atoms with Crippen molar-refractivity contribution in [2.45, 2.75) is 52.7 Å². The Morgan fingerprint density at radius 1 is 1.15 bits per heavy atom. The van der Waals surface area contributed by atoms with Gasteiger partial charge in [-0.05, 0) is 75.8 Å². The van der Waals surface area contributed by atoms with Gasteiger partial charge in [0.1, 0.15) is 0 Å². The predicted molar refractivity (Wildman–Crippen MR) is 136 cm³/mol. The second-order valence-electron chi connectivity index (χ2n) is 8.55. The van der Waals surface area contributed by atoms with Crippen molar-refractivity contribution in [3.05, 3.63) is 82.9 Å². The summed E-state index contributed by atoms with van der Waals surface area (Å²) in [4.78, 5) is 19.5. The number of amides is 1. The van der Waals surface area contributed by atoms with Gasteiger partial charge in [-0.25, -0.2) is 0 Å². The number of aryl methyl sites for hydroxylation is 2. The first-order valence-electron chi connectivity index (χ1n) is 11.4. The van der Waals surface area contributed by atoms with Crippen LogP contribution in [0.4, 0.5) is 5.69 Å². The fourth-order valence-corrected chi connectivity index (χ4v) is 5.01. The van der Waals surface area contributed by atoms with E-state index >= 15 is 0 Å². The number of anilines is 1. The molecule has 1 aliphatic heterocycles. The van der Waals surface area contributed by atoms with Gasteiger partial charge in [-0.15, -0.1) is 0 Å². The third-order valence-electron chi connectivity index (χ3n) is 6.36. The molecule has 2 N–H and O–H groups in total. The molecule has 0 spiro atoms. The molecule has 172 valence electrons. The summed E-state index contributed by atoms with van der Waals surface area (Å²) in [7, 11) is 0. The van der Waals surface area contributed by atoms with Crippen molar-refractivity contribution in [1.82, 2.24) is 19.8 Å². The maximum atomic E-state index is 12.7. The highest BCUT2D eigenvalue weighted by atomic mass is 32.1. The quantitative estimate of drug-likeness (QED) is 0.494. The minimum atomic E-state index is -0.0790. The molecular formula is C26H31N5OS. The lowest BCUT2D eigenvalue weighted by atomic mass is 9.96. The first-order valence-corrected chi connectivity index (χ1v) is 11.8. The van der Waals surface area contributed by atoms with Crippen LogP contribution >= 0.6 is 12.2 Å². The average Bonchev–Trinajstić information content (AvgIpc) is 3.29. The molecule has 33 heavy (non-hydrogen) atoms. The summed E-state index contributed by atoms with van der Waals surface area (Å²) in [5.41, 5.74) is 6.58. The van der Waals surface area contributed by atoms with Crippen LogP contribution in [0, 0.1) is 20.8 Å². The molecule has 0 radical (unpaired) electrons. The van der Waals surface area contributed by atoms with Gasteiger partial charge in [-0.1, -0.05) is 23.8 Å². The number of hydrogen-bond donors (Lipinski definition) is 2. The van der Waals surface area contributed by atoms with Gasteiger partial charge in [0.05, 0.1) is 17.8 Å². The van der Waals surface area contributed by atoms with E-state index in [1.165, 1.54) is 17.0 Å². The minimum Gasteiger partial charge on any atom is -0.352 e. The lowest BCUT2D eigenvalue weighted by molar-refractivity contribution is -0.116. The second kappa shape index (κ2) is 9.75. The van der Waals surface area contributed by atoms with Crippen molar-refractivity contribution in [3.63, 3.8) is 0 Å². The molecule has 4 rings (SSSR count). The normalized spacial score (nSPS) is 17.8. The number of nitrogens with one attached hydrogen (secondary N) is 2. The monoisotopic (exact) mass is 461 g/mol. The topological polar surface area (TPSA) is 62.2 Å². The summed E-state index contributed by atoms with van der Waals surface area (Å²) < 4.78 is 2.31. The van der Waals surface area contributed by atoms with Crippen molar-refractivity contribution in [3.8, 4) is 0 Å². The van der Waals surface area contributed by atoms with Gasteiger partial charge >= 0.3 is 0 Å². The third kappa shape index (κ3) is 4.78. The van der Waals surface area contributed by atoms with E-state index < -0.39 is 0 Å². The molecule has 7 heteroatoms. The Bertz CT molecular complexity index is 1140. The van der Waals surface area contributed by atoms with Crippen LogP contribution in [0.5, 0.6) is 0 Å². The number of pyridine rings is 1. The Labute approximate surface area is 201 Å². The lowest BCUT2D eigenvalue weighted by Crippen LogP contribution is -2.32. The van der Waals surface area contributed by atoms with Gasteiger partial charge in [0.25, 0.3) is 0 Å². The number of thiocarbonyl (C=S) groups is 1. The van der Waals surface area contributed by atoms with Crippen molar-refractivity contribution in [2.75, 3.05) is 11.9 Å². The largest absolute Gasteiger partial charge is 0.352 e. The second-order valence-corrected chi connectivity index (χ2v) is 8.94. The standard InChI is InChI=1S/C26H31N5OS/c1-5-30-18(3)16-21(19(30)4)25-24(22-8-6-7-14-27-22)29-26(33)31(25)15-13-23(32)28-20-11-9-17(2)10-12-20/h6-12,14,16,24-25H,5,13,15H2,1-4H3,(H,28,32)(H,29,33)/t24-,25+/m1/s1. The molecule has 1 saturated heterocycles. The molecule has 2 atom stereocenters. The van der Waals surface area contributed by atoms with E-state index in [-0.39, 0.29) is 18.0 Å². The average molecular weight is 462 g/mol. The smallest absolute Gasteiger partial charge is 0.226 e. The molecule has 0 saturated carbocycles. The number of nitrogens with zero attached hydrogens (tertiary/aromatic N) is 3. The number of benzene rings is 1. The number of aromatic nitrogens is 2. The van der Waals surface area contributed by atoms with E-state index in [1.807, 2.05) is 55.6 Å². The van der Waals surface area contributed by atoms with Gasteiger partial charge in [0.15, 0.2) is 5.11 Å². The maximum Gasteiger partial charge on any atom is 0.226 e. The van der Waals surface area contributed by atoms with Gasteiger partial charge < -0.3 is 20.1 Å². The van der Waals surface area contributed by atoms with Crippen LogP contribution in [-0.2, 0) is 11.3 Å². The Hall–Kier alpha value is -3.19. The van der Waals surface area contributed by atoms with Gasteiger partial charge in [-0.2, -0.15) is 0 Å². The number of carbonyl (C=O) groups excluding carboxylic acids is 1. The van der Waals surface area contributed by atoms with E-state index in [0.29, 0.717) is 18.1 Å². The molecule has 0 bridgehead atoms. The zero-order valence-corrected chi connectivity index (χ0v) is 20.4. The van der Waals surface area contributed by atoms with Crippen molar-refractivity contribution >= 4 is 28.9 Å². The van der Waals surface area contributed by atoms with E-state index in [0.717, 1.165) is 23.5 Å². The molecule has 0 unspecified atom stereocenters. The highest BCUT2D eigenvalue weighted by Crippen LogP contribution is 2.40. The summed E-state index contributed by atoms with van der Waals surface area (Å²) in [6, 6.07) is 15.9. The fourth-order valence-electron chi connectivity index (χ4n) is 4.68. The van der Waals surface area contributed by atoms with Crippen LogP contribution in [0.1, 0.15) is 53.6 Å². The summed E-state index contributed by atoms with van der Waals surface area (Å²) in [5.74, 6) is -0.0271. The molecule has 1 aliphatic rings. The molecule has 1 fully saturated rings. The Kier molecular flexibility index (Phi) is 6.79. The fraction of sp³-hybridized carbons (Fsp3) is 0.346. The van der Waals surface area contributed by atoms with Crippen LogP contribution in [-0.4, -0.2) is 32.0 Å².